The van der Waals surface area contributed by atoms with Crippen LogP contribution < -0.4 is 5.32 Å². The Labute approximate surface area is 122 Å². The summed E-state index contributed by atoms with van der Waals surface area (Å²) in [6.07, 6.45) is 3.52. The Morgan fingerprint density at radius 2 is 1.95 bits per heavy atom. The average molecular weight is 282 g/mol. The van der Waals surface area contributed by atoms with Crippen molar-refractivity contribution in [3.8, 4) is 0 Å². The molecule has 1 atom stereocenters. The number of esters is 1. The van der Waals surface area contributed by atoms with Crippen molar-refractivity contribution < 1.29 is 14.3 Å². The van der Waals surface area contributed by atoms with Crippen LogP contribution in [0.5, 0.6) is 0 Å². The Morgan fingerprint density at radius 1 is 1.24 bits per heavy atom. The molecule has 5 nitrogen and oxygen atoms in total. The number of nitrogens with zero attached hydrogens (tertiary/aromatic N) is 1. The van der Waals surface area contributed by atoms with Gasteiger partial charge in [0.15, 0.2) is 5.60 Å². The van der Waals surface area contributed by atoms with E-state index in [2.05, 4.69) is 10.3 Å². The maximum absolute atomic E-state index is 12.4. The van der Waals surface area contributed by atoms with Gasteiger partial charge in [-0.1, -0.05) is 18.2 Å². The van der Waals surface area contributed by atoms with Crippen LogP contribution in [0.15, 0.2) is 48.8 Å². The van der Waals surface area contributed by atoms with Crippen LogP contribution in [0.2, 0.25) is 0 Å². The summed E-state index contributed by atoms with van der Waals surface area (Å²) >= 11 is 0. The van der Waals surface area contributed by atoms with Crippen LogP contribution in [0.1, 0.15) is 22.8 Å². The molecule has 3 rings (SSSR count). The van der Waals surface area contributed by atoms with E-state index in [1.807, 2.05) is 12.1 Å². The lowest BCUT2D eigenvalue weighted by Gasteiger charge is -2.33. The van der Waals surface area contributed by atoms with Crippen LogP contribution in [0.3, 0.4) is 0 Å². The average Bonchev–Trinajstić information content (AvgIpc) is 2.48. The highest BCUT2D eigenvalue weighted by atomic mass is 16.6. The first kappa shape index (κ1) is 13.3. The van der Waals surface area contributed by atoms with E-state index >= 15 is 0 Å². The Morgan fingerprint density at radius 3 is 2.71 bits per heavy atom. The van der Waals surface area contributed by atoms with Crippen molar-refractivity contribution in [1.82, 2.24) is 4.98 Å². The second-order valence-corrected chi connectivity index (χ2v) is 5.14. The zero-order chi connectivity index (χ0) is 14.9. The van der Waals surface area contributed by atoms with Crippen LogP contribution in [0, 0.1) is 0 Å². The van der Waals surface area contributed by atoms with Crippen molar-refractivity contribution in [3.63, 3.8) is 0 Å². The van der Waals surface area contributed by atoms with Crippen molar-refractivity contribution in [1.29, 1.82) is 0 Å². The second-order valence-electron chi connectivity index (χ2n) is 5.14. The molecular formula is C16H14N2O3. The fraction of sp³-hybridized carbons (Fsp3) is 0.188. The van der Waals surface area contributed by atoms with Gasteiger partial charge >= 0.3 is 5.97 Å². The molecule has 1 unspecified atom stereocenters. The number of hydrogen-bond donors (Lipinski definition) is 1. The third kappa shape index (κ3) is 2.50. The first-order chi connectivity index (χ1) is 10.1. The Bertz CT molecular complexity index is 700. The van der Waals surface area contributed by atoms with Gasteiger partial charge < -0.3 is 10.1 Å². The maximum atomic E-state index is 12.4. The van der Waals surface area contributed by atoms with E-state index in [1.54, 1.807) is 43.6 Å². The van der Waals surface area contributed by atoms with Gasteiger partial charge in [-0.3, -0.25) is 9.78 Å². The van der Waals surface area contributed by atoms with Crippen LogP contribution >= 0.6 is 0 Å². The van der Waals surface area contributed by atoms with Gasteiger partial charge in [0.05, 0.1) is 5.56 Å². The number of hydrogen-bond acceptors (Lipinski definition) is 4. The molecule has 5 heteroatoms. The number of aromatic nitrogens is 1. The number of benzene rings is 1. The molecule has 1 amide bonds. The molecule has 2 aromatic rings. The summed E-state index contributed by atoms with van der Waals surface area (Å²) in [6.45, 7) is 1.62. The Kier molecular flexibility index (Phi) is 3.17. The highest BCUT2D eigenvalue weighted by Crippen LogP contribution is 2.29. The smallest absolute Gasteiger partial charge is 0.339 e. The monoisotopic (exact) mass is 282 g/mol. The molecule has 1 N–H and O–H groups in total. The number of carbonyl (C=O) groups excluding carboxylic acids is 2. The Hall–Kier alpha value is -2.69. The number of rotatable bonds is 2. The molecule has 0 spiro atoms. The van der Waals surface area contributed by atoms with Crippen molar-refractivity contribution >= 4 is 17.6 Å². The summed E-state index contributed by atoms with van der Waals surface area (Å²) in [5.74, 6) is -0.819. The number of cyclic esters (lactones) is 1. The minimum atomic E-state index is -1.21. The topological polar surface area (TPSA) is 68.3 Å². The van der Waals surface area contributed by atoms with Gasteiger partial charge in [-0.2, -0.15) is 0 Å². The molecule has 0 fully saturated rings. The first-order valence-electron chi connectivity index (χ1n) is 6.61. The minimum Gasteiger partial charge on any atom is -0.445 e. The summed E-state index contributed by atoms with van der Waals surface area (Å²) in [7, 11) is 0. The van der Waals surface area contributed by atoms with E-state index in [-0.39, 0.29) is 5.91 Å². The lowest BCUT2D eigenvalue weighted by molar-refractivity contribution is -0.134. The first-order valence-corrected chi connectivity index (χ1v) is 6.61. The largest absolute Gasteiger partial charge is 0.445 e. The molecule has 2 heterocycles. The highest BCUT2D eigenvalue weighted by Gasteiger charge is 2.42. The normalized spacial score (nSPS) is 20.3. The van der Waals surface area contributed by atoms with E-state index in [9.17, 15) is 9.59 Å². The van der Waals surface area contributed by atoms with Crippen molar-refractivity contribution in [3.05, 3.63) is 59.9 Å². The van der Waals surface area contributed by atoms with Crippen LogP contribution in [0.4, 0.5) is 5.69 Å². The van der Waals surface area contributed by atoms with E-state index in [0.717, 1.165) is 5.56 Å². The second kappa shape index (κ2) is 5.01. The molecular weight excluding hydrogens is 268 g/mol. The van der Waals surface area contributed by atoms with E-state index < -0.39 is 11.6 Å². The van der Waals surface area contributed by atoms with Gasteiger partial charge in [0.2, 0.25) is 0 Å². The van der Waals surface area contributed by atoms with E-state index in [4.69, 9.17) is 4.74 Å². The summed E-state index contributed by atoms with van der Waals surface area (Å²) in [5.41, 5.74) is 0.744. The standard InChI is InChI=1S/C16H14N2O3/c1-16(15(20)18-12-6-8-17-9-7-12)10-11-4-2-3-5-13(11)14(19)21-16/h2-9H,10H2,1H3,(H,17,18,20). The van der Waals surface area contributed by atoms with Crippen molar-refractivity contribution in [2.75, 3.05) is 5.32 Å². The quantitative estimate of drug-likeness (QED) is 0.857. The number of pyridine rings is 1. The molecule has 106 valence electrons. The molecule has 0 bridgehead atoms. The molecule has 1 aromatic carbocycles. The summed E-state index contributed by atoms with van der Waals surface area (Å²) in [5, 5.41) is 2.75. The number of amides is 1. The summed E-state index contributed by atoms with van der Waals surface area (Å²) in [6, 6.07) is 10.5. The molecule has 1 aromatic heterocycles. The predicted molar refractivity (Wildman–Crippen MR) is 76.8 cm³/mol. The third-order valence-electron chi connectivity index (χ3n) is 3.50. The predicted octanol–water partition coefficient (Wildman–Crippen LogP) is 2.19. The van der Waals surface area contributed by atoms with Gasteiger partial charge in [0, 0.05) is 24.5 Å². The van der Waals surface area contributed by atoms with Gasteiger partial charge in [-0.25, -0.2) is 4.79 Å². The molecule has 21 heavy (non-hydrogen) atoms. The highest BCUT2D eigenvalue weighted by molar-refractivity contribution is 6.02. The van der Waals surface area contributed by atoms with Crippen LogP contribution in [-0.4, -0.2) is 22.5 Å². The number of carbonyl (C=O) groups is 2. The van der Waals surface area contributed by atoms with Crippen LogP contribution in [-0.2, 0) is 16.0 Å². The molecule has 1 aliphatic rings. The van der Waals surface area contributed by atoms with Crippen molar-refractivity contribution in [2.45, 2.75) is 18.9 Å². The number of ether oxygens (including phenoxy) is 1. The fourth-order valence-electron chi connectivity index (χ4n) is 2.36. The number of anilines is 1. The van der Waals surface area contributed by atoms with E-state index in [1.165, 1.54) is 0 Å². The SMILES string of the molecule is CC1(C(=O)Nc2ccncc2)Cc2ccccc2C(=O)O1. The number of fused-ring (bicyclic) bond motifs is 1. The lowest BCUT2D eigenvalue weighted by Crippen LogP contribution is -2.48. The van der Waals surface area contributed by atoms with Crippen molar-refractivity contribution in [2.24, 2.45) is 0 Å². The zero-order valence-electron chi connectivity index (χ0n) is 11.5. The van der Waals surface area contributed by atoms with E-state index in [0.29, 0.717) is 17.7 Å². The maximum Gasteiger partial charge on any atom is 0.339 e. The van der Waals surface area contributed by atoms with Gasteiger partial charge in [-0.15, -0.1) is 0 Å². The Balaban J connectivity index is 1.85. The van der Waals surface area contributed by atoms with Gasteiger partial charge in [0.1, 0.15) is 0 Å². The molecule has 1 aliphatic heterocycles. The third-order valence-corrected chi connectivity index (χ3v) is 3.50. The zero-order valence-corrected chi connectivity index (χ0v) is 11.5. The molecule has 0 radical (unpaired) electrons. The van der Waals surface area contributed by atoms with Gasteiger partial charge in [-0.05, 0) is 30.7 Å². The molecule has 0 saturated heterocycles. The fourth-order valence-corrected chi connectivity index (χ4v) is 2.36. The lowest BCUT2D eigenvalue weighted by atomic mass is 9.89. The van der Waals surface area contributed by atoms with Gasteiger partial charge in [0.25, 0.3) is 5.91 Å². The minimum absolute atomic E-state index is 0.350. The molecule has 0 aliphatic carbocycles. The molecule has 0 saturated carbocycles. The van der Waals surface area contributed by atoms with Crippen LogP contribution in [0.25, 0.3) is 0 Å². The summed E-state index contributed by atoms with van der Waals surface area (Å²) in [4.78, 5) is 28.4. The number of nitrogens with one attached hydrogen (secondary N) is 1. The summed E-state index contributed by atoms with van der Waals surface area (Å²) < 4.78 is 5.37.